The van der Waals surface area contributed by atoms with E-state index in [2.05, 4.69) is 15.3 Å². The first kappa shape index (κ1) is 10.5. The second-order valence-electron chi connectivity index (χ2n) is 5.10. The molecule has 2 aliphatic rings. The van der Waals surface area contributed by atoms with Crippen LogP contribution >= 0.6 is 0 Å². The van der Waals surface area contributed by atoms with E-state index in [0.717, 1.165) is 24.3 Å². The molecule has 0 bridgehead atoms. The molecule has 0 saturated heterocycles. The molecule has 4 heteroatoms. The van der Waals surface area contributed by atoms with Crippen LogP contribution in [0.5, 0.6) is 0 Å². The minimum Gasteiger partial charge on any atom is -0.354 e. The normalized spacial score (nSPS) is 19.1. The van der Waals surface area contributed by atoms with E-state index in [1.807, 2.05) is 6.07 Å². The van der Waals surface area contributed by atoms with Crippen molar-refractivity contribution in [2.75, 3.05) is 11.9 Å². The van der Waals surface area contributed by atoms with Crippen molar-refractivity contribution in [1.82, 2.24) is 9.97 Å². The predicted octanol–water partition coefficient (Wildman–Crippen LogP) is 2.20. The summed E-state index contributed by atoms with van der Waals surface area (Å²) in [7, 11) is 0. The van der Waals surface area contributed by atoms with E-state index < -0.39 is 0 Å². The number of nitrogens with zero attached hydrogens (tertiary/aromatic N) is 3. The zero-order valence-corrected chi connectivity index (χ0v) is 9.76. The number of rotatable bonds is 5. The van der Waals surface area contributed by atoms with Gasteiger partial charge in [-0.3, -0.25) is 0 Å². The monoisotopic (exact) mass is 228 g/mol. The number of anilines is 1. The second-order valence-corrected chi connectivity index (χ2v) is 5.10. The van der Waals surface area contributed by atoms with Crippen LogP contribution in [0.15, 0.2) is 12.3 Å². The average molecular weight is 228 g/mol. The number of hydrogen-bond donors (Lipinski definition) is 1. The third-order valence-corrected chi connectivity index (χ3v) is 3.72. The molecular formula is C13H16N4. The van der Waals surface area contributed by atoms with Crippen molar-refractivity contribution in [2.24, 2.45) is 17.8 Å². The Bertz CT molecular complexity index is 431. The Balaban J connectivity index is 1.60. The van der Waals surface area contributed by atoms with Crippen LogP contribution in [0.25, 0.3) is 0 Å². The third kappa shape index (κ3) is 2.55. The van der Waals surface area contributed by atoms with Crippen LogP contribution in [0.2, 0.25) is 0 Å². The largest absolute Gasteiger partial charge is 0.354 e. The SMILES string of the molecule is N#Cc1ccnc(NCC(C2CC2)C2CC2)n1. The fourth-order valence-electron chi connectivity index (χ4n) is 2.48. The minimum absolute atomic E-state index is 0.428. The van der Waals surface area contributed by atoms with Gasteiger partial charge in [0.05, 0.1) is 0 Å². The van der Waals surface area contributed by atoms with Crippen molar-refractivity contribution in [1.29, 1.82) is 5.26 Å². The van der Waals surface area contributed by atoms with E-state index in [1.54, 1.807) is 12.3 Å². The van der Waals surface area contributed by atoms with Gasteiger partial charge in [0.25, 0.3) is 0 Å². The number of nitriles is 1. The molecule has 0 amide bonds. The quantitative estimate of drug-likeness (QED) is 0.839. The van der Waals surface area contributed by atoms with Crippen molar-refractivity contribution >= 4 is 5.95 Å². The summed E-state index contributed by atoms with van der Waals surface area (Å²) in [6.07, 6.45) is 7.20. The summed E-state index contributed by atoms with van der Waals surface area (Å²) in [5.74, 6) is 3.24. The standard InChI is InChI=1S/C13H16N4/c14-7-11-5-6-15-13(17-11)16-8-12(9-1-2-9)10-3-4-10/h5-6,9-10,12H,1-4,8H2,(H,15,16,17). The molecule has 1 aromatic heterocycles. The summed E-state index contributed by atoms with van der Waals surface area (Å²) >= 11 is 0. The Morgan fingerprint density at radius 2 is 2.06 bits per heavy atom. The maximum absolute atomic E-state index is 8.77. The highest BCUT2D eigenvalue weighted by molar-refractivity contribution is 5.30. The van der Waals surface area contributed by atoms with E-state index in [0.29, 0.717) is 11.6 Å². The highest BCUT2D eigenvalue weighted by Crippen LogP contribution is 2.49. The number of hydrogen-bond acceptors (Lipinski definition) is 4. The van der Waals surface area contributed by atoms with Gasteiger partial charge in [0.2, 0.25) is 5.95 Å². The molecule has 0 unspecified atom stereocenters. The first-order valence-corrected chi connectivity index (χ1v) is 6.34. The molecule has 1 N–H and O–H groups in total. The topological polar surface area (TPSA) is 61.6 Å². The van der Waals surface area contributed by atoms with Crippen LogP contribution in [0.3, 0.4) is 0 Å². The summed E-state index contributed by atoms with van der Waals surface area (Å²) in [5.41, 5.74) is 0.428. The van der Waals surface area contributed by atoms with Gasteiger partial charge in [-0.25, -0.2) is 9.97 Å². The maximum Gasteiger partial charge on any atom is 0.223 e. The van der Waals surface area contributed by atoms with Gasteiger partial charge in [0, 0.05) is 12.7 Å². The molecule has 17 heavy (non-hydrogen) atoms. The van der Waals surface area contributed by atoms with Crippen LogP contribution in [0.1, 0.15) is 31.4 Å². The fourth-order valence-corrected chi connectivity index (χ4v) is 2.48. The molecule has 4 nitrogen and oxygen atoms in total. The highest BCUT2D eigenvalue weighted by atomic mass is 15.1. The number of nitrogens with one attached hydrogen (secondary N) is 1. The molecule has 1 aromatic rings. The molecule has 2 aliphatic carbocycles. The van der Waals surface area contributed by atoms with E-state index in [1.165, 1.54) is 25.7 Å². The van der Waals surface area contributed by atoms with Gasteiger partial charge >= 0.3 is 0 Å². The summed E-state index contributed by atoms with van der Waals surface area (Å²) in [6.45, 7) is 0.963. The van der Waals surface area contributed by atoms with Gasteiger partial charge in [-0.2, -0.15) is 5.26 Å². The lowest BCUT2D eigenvalue weighted by atomic mass is 9.98. The first-order valence-electron chi connectivity index (χ1n) is 6.34. The summed E-state index contributed by atoms with van der Waals surface area (Å²) in [4.78, 5) is 8.28. The molecule has 3 rings (SSSR count). The molecule has 0 aliphatic heterocycles. The lowest BCUT2D eigenvalue weighted by Crippen LogP contribution is -2.19. The molecule has 0 aromatic carbocycles. The van der Waals surface area contributed by atoms with Crippen molar-refractivity contribution in [3.8, 4) is 6.07 Å². The van der Waals surface area contributed by atoms with Crippen LogP contribution < -0.4 is 5.32 Å². The minimum atomic E-state index is 0.428. The zero-order valence-electron chi connectivity index (χ0n) is 9.76. The Morgan fingerprint density at radius 1 is 1.35 bits per heavy atom. The number of aromatic nitrogens is 2. The van der Waals surface area contributed by atoms with Gasteiger partial charge in [-0.05, 0) is 49.5 Å². The van der Waals surface area contributed by atoms with Crippen molar-refractivity contribution in [2.45, 2.75) is 25.7 Å². The molecule has 2 fully saturated rings. The van der Waals surface area contributed by atoms with Crippen LogP contribution in [-0.4, -0.2) is 16.5 Å². The highest BCUT2D eigenvalue weighted by Gasteiger charge is 2.41. The van der Waals surface area contributed by atoms with Crippen LogP contribution in [-0.2, 0) is 0 Å². The molecular weight excluding hydrogens is 212 g/mol. The molecule has 2 saturated carbocycles. The molecule has 0 spiro atoms. The second kappa shape index (κ2) is 4.33. The van der Waals surface area contributed by atoms with E-state index in [9.17, 15) is 0 Å². The zero-order chi connectivity index (χ0) is 11.7. The van der Waals surface area contributed by atoms with E-state index in [-0.39, 0.29) is 0 Å². The van der Waals surface area contributed by atoms with E-state index in [4.69, 9.17) is 5.26 Å². The predicted molar refractivity (Wildman–Crippen MR) is 64.2 cm³/mol. The molecule has 88 valence electrons. The van der Waals surface area contributed by atoms with Gasteiger partial charge in [0.15, 0.2) is 0 Å². The van der Waals surface area contributed by atoms with Gasteiger partial charge in [-0.15, -0.1) is 0 Å². The summed E-state index contributed by atoms with van der Waals surface area (Å²) in [5, 5.41) is 12.1. The summed E-state index contributed by atoms with van der Waals surface area (Å²) < 4.78 is 0. The summed E-state index contributed by atoms with van der Waals surface area (Å²) in [6, 6.07) is 3.66. The fraction of sp³-hybridized carbons (Fsp3) is 0.615. The van der Waals surface area contributed by atoms with Gasteiger partial charge in [0.1, 0.15) is 11.8 Å². The van der Waals surface area contributed by atoms with Crippen molar-refractivity contribution in [3.63, 3.8) is 0 Å². The molecule has 0 atom stereocenters. The Morgan fingerprint density at radius 3 is 2.65 bits per heavy atom. The maximum atomic E-state index is 8.77. The van der Waals surface area contributed by atoms with E-state index >= 15 is 0 Å². The van der Waals surface area contributed by atoms with Crippen LogP contribution in [0, 0.1) is 29.1 Å². The molecule has 0 radical (unpaired) electrons. The average Bonchev–Trinajstić information content (AvgIpc) is 3.22. The first-order chi connectivity index (χ1) is 8.36. The van der Waals surface area contributed by atoms with Crippen LogP contribution in [0.4, 0.5) is 5.95 Å². The van der Waals surface area contributed by atoms with Crippen molar-refractivity contribution < 1.29 is 0 Å². The lowest BCUT2D eigenvalue weighted by molar-refractivity contribution is 0.427. The lowest BCUT2D eigenvalue weighted by Gasteiger charge is -2.15. The Kier molecular flexibility index (Phi) is 2.68. The molecule has 1 heterocycles. The van der Waals surface area contributed by atoms with Gasteiger partial charge < -0.3 is 5.32 Å². The van der Waals surface area contributed by atoms with Gasteiger partial charge in [-0.1, -0.05) is 0 Å². The Labute approximate surface area is 101 Å². The Hall–Kier alpha value is -1.63. The van der Waals surface area contributed by atoms with Crippen molar-refractivity contribution in [3.05, 3.63) is 18.0 Å². The third-order valence-electron chi connectivity index (χ3n) is 3.72. The smallest absolute Gasteiger partial charge is 0.223 e.